The zero-order chi connectivity index (χ0) is 15.4. The first-order chi connectivity index (χ1) is 10.7. The van der Waals surface area contributed by atoms with E-state index in [9.17, 15) is 9.90 Å². The number of amides is 1. The summed E-state index contributed by atoms with van der Waals surface area (Å²) in [7, 11) is 0. The molecule has 1 aromatic carbocycles. The first kappa shape index (κ1) is 15.1. The minimum Gasteiger partial charge on any atom is -0.391 e. The lowest BCUT2D eigenvalue weighted by Crippen LogP contribution is -2.35. The molecule has 6 heteroatoms. The molecule has 0 spiro atoms. The van der Waals surface area contributed by atoms with Crippen LogP contribution >= 0.6 is 11.3 Å². The number of carbonyl (C=O) groups is 1. The van der Waals surface area contributed by atoms with Crippen LogP contribution in [0.1, 0.15) is 5.69 Å². The van der Waals surface area contributed by atoms with E-state index in [1.807, 2.05) is 35.7 Å². The van der Waals surface area contributed by atoms with Gasteiger partial charge in [0.2, 0.25) is 5.91 Å². The van der Waals surface area contributed by atoms with Gasteiger partial charge in [-0.25, -0.2) is 4.98 Å². The van der Waals surface area contributed by atoms with Gasteiger partial charge in [0.15, 0.2) is 0 Å². The van der Waals surface area contributed by atoms with Crippen molar-refractivity contribution in [3.8, 4) is 10.6 Å². The van der Waals surface area contributed by atoms with Gasteiger partial charge < -0.3 is 15.7 Å². The van der Waals surface area contributed by atoms with Crippen molar-refractivity contribution in [2.24, 2.45) is 5.92 Å². The second kappa shape index (κ2) is 7.00. The van der Waals surface area contributed by atoms with E-state index >= 15 is 0 Å². The molecule has 2 aromatic rings. The number of rotatable bonds is 5. The zero-order valence-corrected chi connectivity index (χ0v) is 13.0. The SMILES string of the molecule is O=C(Cc1csc(-c2ccccc2)n1)NCC1CNCC1O. The molecule has 0 aliphatic carbocycles. The van der Waals surface area contributed by atoms with E-state index in [-0.39, 0.29) is 24.3 Å². The molecular formula is C16H19N3O2S. The second-order valence-electron chi connectivity index (χ2n) is 5.48. The summed E-state index contributed by atoms with van der Waals surface area (Å²) in [5.41, 5.74) is 1.85. The maximum Gasteiger partial charge on any atom is 0.226 e. The highest BCUT2D eigenvalue weighted by atomic mass is 32.1. The van der Waals surface area contributed by atoms with Crippen molar-refractivity contribution in [2.75, 3.05) is 19.6 Å². The number of hydrogen-bond acceptors (Lipinski definition) is 5. The van der Waals surface area contributed by atoms with Gasteiger partial charge in [-0.2, -0.15) is 0 Å². The van der Waals surface area contributed by atoms with Crippen LogP contribution in [0.3, 0.4) is 0 Å². The summed E-state index contributed by atoms with van der Waals surface area (Å²) in [6, 6.07) is 9.94. The highest BCUT2D eigenvalue weighted by molar-refractivity contribution is 7.13. The summed E-state index contributed by atoms with van der Waals surface area (Å²) < 4.78 is 0. The zero-order valence-electron chi connectivity index (χ0n) is 12.2. The number of β-amino-alcohol motifs (C(OH)–C–C–N with tert-alkyl or cyclic N) is 1. The lowest BCUT2D eigenvalue weighted by molar-refractivity contribution is -0.120. The topological polar surface area (TPSA) is 74.2 Å². The second-order valence-corrected chi connectivity index (χ2v) is 6.33. The molecule has 0 bridgehead atoms. The van der Waals surface area contributed by atoms with Crippen molar-refractivity contribution < 1.29 is 9.90 Å². The van der Waals surface area contributed by atoms with Crippen molar-refractivity contribution >= 4 is 17.2 Å². The van der Waals surface area contributed by atoms with Gasteiger partial charge in [-0.1, -0.05) is 30.3 Å². The fourth-order valence-corrected chi connectivity index (χ4v) is 3.33. The number of benzene rings is 1. The third-order valence-electron chi connectivity index (χ3n) is 3.78. The summed E-state index contributed by atoms with van der Waals surface area (Å²) in [6.07, 6.45) is -0.0937. The molecule has 3 rings (SSSR count). The lowest BCUT2D eigenvalue weighted by Gasteiger charge is -2.13. The Balaban J connectivity index is 1.53. The van der Waals surface area contributed by atoms with Crippen LogP contribution in [0, 0.1) is 5.92 Å². The molecule has 1 fully saturated rings. The van der Waals surface area contributed by atoms with E-state index in [2.05, 4.69) is 15.6 Å². The van der Waals surface area contributed by atoms with Crippen molar-refractivity contribution in [1.29, 1.82) is 0 Å². The van der Waals surface area contributed by atoms with Crippen LogP contribution in [-0.4, -0.2) is 41.7 Å². The van der Waals surface area contributed by atoms with Crippen molar-refractivity contribution in [3.63, 3.8) is 0 Å². The monoisotopic (exact) mass is 317 g/mol. The third kappa shape index (κ3) is 3.71. The van der Waals surface area contributed by atoms with E-state index in [1.54, 1.807) is 11.3 Å². The number of carbonyl (C=O) groups excluding carboxylic acids is 1. The van der Waals surface area contributed by atoms with Crippen molar-refractivity contribution in [3.05, 3.63) is 41.4 Å². The van der Waals surface area contributed by atoms with E-state index in [1.165, 1.54) is 0 Å². The lowest BCUT2D eigenvalue weighted by atomic mass is 10.1. The van der Waals surface area contributed by atoms with Gasteiger partial charge in [-0.3, -0.25) is 4.79 Å². The molecule has 0 radical (unpaired) electrons. The predicted molar refractivity (Wildman–Crippen MR) is 86.6 cm³/mol. The minimum absolute atomic E-state index is 0.0518. The van der Waals surface area contributed by atoms with Crippen LogP contribution in [0.5, 0.6) is 0 Å². The Morgan fingerprint density at radius 2 is 2.18 bits per heavy atom. The summed E-state index contributed by atoms with van der Waals surface area (Å²) in [5.74, 6) is 0.0447. The maximum absolute atomic E-state index is 12.0. The van der Waals surface area contributed by atoms with Crippen LogP contribution in [0.25, 0.3) is 10.6 Å². The molecule has 1 aliphatic rings. The number of aliphatic hydroxyl groups excluding tert-OH is 1. The van der Waals surface area contributed by atoms with E-state index in [0.29, 0.717) is 13.1 Å². The van der Waals surface area contributed by atoms with Crippen LogP contribution < -0.4 is 10.6 Å². The van der Waals surface area contributed by atoms with Crippen LogP contribution in [0.4, 0.5) is 0 Å². The quantitative estimate of drug-likeness (QED) is 0.770. The van der Waals surface area contributed by atoms with Crippen LogP contribution in [0.2, 0.25) is 0 Å². The van der Waals surface area contributed by atoms with Gasteiger partial charge in [-0.05, 0) is 0 Å². The Bertz CT molecular complexity index is 629. The van der Waals surface area contributed by atoms with Crippen molar-refractivity contribution in [2.45, 2.75) is 12.5 Å². The van der Waals surface area contributed by atoms with Crippen molar-refractivity contribution in [1.82, 2.24) is 15.6 Å². The number of aromatic nitrogens is 1. The van der Waals surface area contributed by atoms with Gasteiger partial charge in [0.1, 0.15) is 5.01 Å². The number of thiazole rings is 1. The van der Waals surface area contributed by atoms with Crippen LogP contribution in [0.15, 0.2) is 35.7 Å². The third-order valence-corrected chi connectivity index (χ3v) is 4.72. The highest BCUT2D eigenvalue weighted by Gasteiger charge is 2.25. The fourth-order valence-electron chi connectivity index (χ4n) is 2.50. The van der Waals surface area contributed by atoms with Gasteiger partial charge in [-0.15, -0.1) is 11.3 Å². The number of hydrogen-bond donors (Lipinski definition) is 3. The molecule has 1 saturated heterocycles. The van der Waals surface area contributed by atoms with E-state index in [0.717, 1.165) is 22.8 Å². The Hall–Kier alpha value is -1.76. The fraction of sp³-hybridized carbons (Fsp3) is 0.375. The number of nitrogens with one attached hydrogen (secondary N) is 2. The van der Waals surface area contributed by atoms with Gasteiger partial charge in [0, 0.05) is 36.5 Å². The predicted octanol–water partition coefficient (Wildman–Crippen LogP) is 1.05. The van der Waals surface area contributed by atoms with E-state index in [4.69, 9.17) is 0 Å². The summed E-state index contributed by atoms with van der Waals surface area (Å²) in [6.45, 7) is 1.85. The number of aliphatic hydroxyl groups is 1. The highest BCUT2D eigenvalue weighted by Crippen LogP contribution is 2.23. The molecule has 5 nitrogen and oxygen atoms in total. The molecule has 22 heavy (non-hydrogen) atoms. The average molecular weight is 317 g/mol. The molecule has 0 saturated carbocycles. The summed E-state index contributed by atoms with van der Waals surface area (Å²) in [4.78, 5) is 16.5. The van der Waals surface area contributed by atoms with Gasteiger partial charge in [0.25, 0.3) is 0 Å². The van der Waals surface area contributed by atoms with Crippen LogP contribution in [-0.2, 0) is 11.2 Å². The Morgan fingerprint density at radius 3 is 2.91 bits per heavy atom. The summed E-state index contributed by atoms with van der Waals surface area (Å²) in [5, 5.41) is 18.5. The standard InChI is InChI=1S/C16H19N3O2S/c20-14-9-17-7-12(14)8-18-15(21)6-13-10-22-16(19-13)11-4-2-1-3-5-11/h1-5,10,12,14,17,20H,6-9H2,(H,18,21). The normalized spacial score (nSPS) is 21.0. The molecule has 1 aliphatic heterocycles. The average Bonchev–Trinajstić information content (AvgIpc) is 3.15. The molecule has 116 valence electrons. The van der Waals surface area contributed by atoms with E-state index < -0.39 is 0 Å². The molecule has 1 aromatic heterocycles. The molecule has 2 unspecified atom stereocenters. The van der Waals surface area contributed by atoms with Gasteiger partial charge >= 0.3 is 0 Å². The summed E-state index contributed by atoms with van der Waals surface area (Å²) >= 11 is 1.55. The minimum atomic E-state index is -0.371. The Morgan fingerprint density at radius 1 is 1.36 bits per heavy atom. The first-order valence-corrected chi connectivity index (χ1v) is 8.25. The molecular weight excluding hydrogens is 298 g/mol. The smallest absolute Gasteiger partial charge is 0.226 e. The van der Waals surface area contributed by atoms with Gasteiger partial charge in [0.05, 0.1) is 18.2 Å². The largest absolute Gasteiger partial charge is 0.391 e. The molecule has 1 amide bonds. The first-order valence-electron chi connectivity index (χ1n) is 7.37. The molecule has 2 atom stereocenters. The Labute approximate surface area is 133 Å². The molecule has 2 heterocycles. The maximum atomic E-state index is 12.0. The Kier molecular flexibility index (Phi) is 4.82. The number of nitrogens with zero attached hydrogens (tertiary/aromatic N) is 1. The molecule has 3 N–H and O–H groups in total.